The number of hydrogen-bond acceptors (Lipinski definition) is 4. The molecule has 100 valence electrons. The Kier molecular flexibility index (Phi) is 4.17. The van der Waals surface area contributed by atoms with E-state index in [1.165, 1.54) is 6.42 Å². The summed E-state index contributed by atoms with van der Waals surface area (Å²) in [5.74, 6) is 0.778. The Morgan fingerprint density at radius 2 is 2.39 bits per heavy atom. The fraction of sp³-hybridized carbons (Fsp3) is 0.714. The zero-order valence-electron chi connectivity index (χ0n) is 11.5. The van der Waals surface area contributed by atoms with Gasteiger partial charge in [-0.2, -0.15) is 0 Å². The van der Waals surface area contributed by atoms with Crippen LogP contribution in [-0.2, 0) is 11.2 Å². The molecule has 1 aliphatic heterocycles. The number of Topliss-reactive ketones (excluding diaryl/α,β-unsaturated/α-hetero) is 1. The molecule has 3 nitrogen and oxygen atoms in total. The van der Waals surface area contributed by atoms with Gasteiger partial charge in [0, 0.05) is 10.8 Å². The summed E-state index contributed by atoms with van der Waals surface area (Å²) in [4.78, 5) is 16.9. The molecule has 0 aromatic carbocycles. The Bertz CT molecular complexity index is 419. The van der Waals surface area contributed by atoms with Gasteiger partial charge in [-0.3, -0.25) is 4.79 Å². The van der Waals surface area contributed by atoms with Crippen LogP contribution in [0, 0.1) is 18.3 Å². The lowest BCUT2D eigenvalue weighted by Gasteiger charge is -2.36. The first-order valence-corrected chi connectivity index (χ1v) is 7.53. The number of piperidine rings is 1. The van der Waals surface area contributed by atoms with Crippen LogP contribution in [0.25, 0.3) is 0 Å². The molecular formula is C14H22N2OS. The summed E-state index contributed by atoms with van der Waals surface area (Å²) < 4.78 is 0. The van der Waals surface area contributed by atoms with Crippen molar-refractivity contribution in [2.24, 2.45) is 11.3 Å². The molecule has 1 aromatic rings. The van der Waals surface area contributed by atoms with Crippen molar-refractivity contribution in [2.75, 3.05) is 13.1 Å². The van der Waals surface area contributed by atoms with E-state index >= 15 is 0 Å². The molecule has 1 N–H and O–H groups in total. The standard InChI is InChI=1S/C14H22N2OS/c1-10-16-12(9-18-10)7-13(17)14(2,3)11-5-4-6-15-8-11/h9,11,15H,4-8H2,1-3H3. The average Bonchev–Trinajstić information content (AvgIpc) is 2.76. The first-order chi connectivity index (χ1) is 8.50. The van der Waals surface area contributed by atoms with Gasteiger partial charge in [-0.1, -0.05) is 13.8 Å². The molecule has 18 heavy (non-hydrogen) atoms. The molecule has 2 rings (SSSR count). The second-order valence-electron chi connectivity index (χ2n) is 5.72. The van der Waals surface area contributed by atoms with Gasteiger partial charge in [-0.25, -0.2) is 4.98 Å². The van der Waals surface area contributed by atoms with Crippen LogP contribution >= 0.6 is 11.3 Å². The second kappa shape index (κ2) is 5.49. The lowest BCUT2D eigenvalue weighted by Crippen LogP contribution is -2.43. The maximum Gasteiger partial charge on any atom is 0.144 e. The smallest absolute Gasteiger partial charge is 0.144 e. The molecule has 0 saturated carbocycles. The molecular weight excluding hydrogens is 244 g/mol. The van der Waals surface area contributed by atoms with Crippen molar-refractivity contribution >= 4 is 17.1 Å². The largest absolute Gasteiger partial charge is 0.316 e. The van der Waals surface area contributed by atoms with Crippen LogP contribution in [-0.4, -0.2) is 23.9 Å². The van der Waals surface area contributed by atoms with E-state index in [0.29, 0.717) is 18.1 Å². The predicted molar refractivity (Wildman–Crippen MR) is 74.9 cm³/mol. The van der Waals surface area contributed by atoms with Gasteiger partial charge in [0.15, 0.2) is 0 Å². The fourth-order valence-corrected chi connectivity index (χ4v) is 3.19. The Labute approximate surface area is 113 Å². The number of nitrogens with zero attached hydrogens (tertiary/aromatic N) is 1. The normalized spacial score (nSPS) is 20.9. The van der Waals surface area contributed by atoms with Gasteiger partial charge in [0.1, 0.15) is 5.78 Å². The van der Waals surface area contributed by atoms with E-state index in [4.69, 9.17) is 0 Å². The monoisotopic (exact) mass is 266 g/mol. The number of nitrogens with one attached hydrogen (secondary N) is 1. The first kappa shape index (κ1) is 13.7. The van der Waals surface area contributed by atoms with Crippen molar-refractivity contribution < 1.29 is 4.79 Å². The third-order valence-corrected chi connectivity index (χ3v) is 4.87. The lowest BCUT2D eigenvalue weighted by molar-refractivity contribution is -0.129. The summed E-state index contributed by atoms with van der Waals surface area (Å²) in [6, 6.07) is 0. The van der Waals surface area contributed by atoms with E-state index in [9.17, 15) is 4.79 Å². The van der Waals surface area contributed by atoms with Crippen LogP contribution in [0.3, 0.4) is 0 Å². The van der Waals surface area contributed by atoms with Crippen molar-refractivity contribution in [2.45, 2.75) is 40.0 Å². The van der Waals surface area contributed by atoms with Crippen molar-refractivity contribution in [1.29, 1.82) is 0 Å². The highest BCUT2D eigenvalue weighted by atomic mass is 32.1. The molecule has 1 atom stereocenters. The van der Waals surface area contributed by atoms with E-state index in [0.717, 1.165) is 30.2 Å². The van der Waals surface area contributed by atoms with Gasteiger partial charge in [0.25, 0.3) is 0 Å². The second-order valence-corrected chi connectivity index (χ2v) is 6.79. The molecule has 1 saturated heterocycles. The van der Waals surface area contributed by atoms with Gasteiger partial charge in [-0.15, -0.1) is 11.3 Å². The minimum Gasteiger partial charge on any atom is -0.316 e. The van der Waals surface area contributed by atoms with E-state index in [-0.39, 0.29) is 5.41 Å². The zero-order valence-corrected chi connectivity index (χ0v) is 12.3. The van der Waals surface area contributed by atoms with E-state index < -0.39 is 0 Å². The molecule has 1 unspecified atom stereocenters. The van der Waals surface area contributed by atoms with Crippen LogP contribution in [0.4, 0.5) is 0 Å². The van der Waals surface area contributed by atoms with Crippen LogP contribution in [0.1, 0.15) is 37.4 Å². The number of rotatable bonds is 4. The molecule has 1 fully saturated rings. The number of carbonyl (C=O) groups excluding carboxylic acids is 1. The van der Waals surface area contributed by atoms with E-state index in [1.807, 2.05) is 12.3 Å². The Balaban J connectivity index is 2.02. The Morgan fingerprint density at radius 3 is 2.94 bits per heavy atom. The molecule has 0 bridgehead atoms. The minimum absolute atomic E-state index is 0.245. The molecule has 0 amide bonds. The first-order valence-electron chi connectivity index (χ1n) is 6.65. The number of thiazole rings is 1. The molecule has 0 radical (unpaired) electrons. The average molecular weight is 266 g/mol. The maximum atomic E-state index is 12.5. The number of carbonyl (C=O) groups is 1. The summed E-state index contributed by atoms with van der Waals surface area (Å²) >= 11 is 1.62. The highest BCUT2D eigenvalue weighted by Crippen LogP contribution is 2.33. The van der Waals surface area contributed by atoms with E-state index in [1.54, 1.807) is 11.3 Å². The van der Waals surface area contributed by atoms with Crippen molar-refractivity contribution in [3.8, 4) is 0 Å². The predicted octanol–water partition coefficient (Wildman–Crippen LogP) is 2.59. The topological polar surface area (TPSA) is 42.0 Å². The van der Waals surface area contributed by atoms with Crippen LogP contribution in [0.15, 0.2) is 5.38 Å². The number of ketones is 1. The molecule has 0 aliphatic carbocycles. The fourth-order valence-electron chi connectivity index (χ4n) is 2.58. The summed E-state index contributed by atoms with van der Waals surface area (Å²) in [7, 11) is 0. The molecule has 4 heteroatoms. The van der Waals surface area contributed by atoms with Gasteiger partial charge < -0.3 is 5.32 Å². The van der Waals surface area contributed by atoms with Gasteiger partial charge >= 0.3 is 0 Å². The molecule has 1 aromatic heterocycles. The Hall–Kier alpha value is -0.740. The van der Waals surface area contributed by atoms with Crippen LogP contribution < -0.4 is 5.32 Å². The van der Waals surface area contributed by atoms with E-state index in [2.05, 4.69) is 24.1 Å². The summed E-state index contributed by atoms with van der Waals surface area (Å²) in [6.07, 6.45) is 2.81. The van der Waals surface area contributed by atoms with Gasteiger partial charge in [0.2, 0.25) is 0 Å². The summed E-state index contributed by atoms with van der Waals surface area (Å²) in [6.45, 7) is 8.22. The molecule has 2 heterocycles. The van der Waals surface area contributed by atoms with Crippen molar-refractivity contribution in [3.63, 3.8) is 0 Å². The molecule has 0 spiro atoms. The summed E-state index contributed by atoms with van der Waals surface area (Å²) in [5.41, 5.74) is 0.685. The number of aryl methyl sites for hydroxylation is 1. The highest BCUT2D eigenvalue weighted by Gasteiger charge is 2.36. The number of hydrogen-bond donors (Lipinski definition) is 1. The minimum atomic E-state index is -0.245. The summed E-state index contributed by atoms with van der Waals surface area (Å²) in [5, 5.41) is 6.44. The third-order valence-electron chi connectivity index (χ3n) is 4.04. The zero-order chi connectivity index (χ0) is 13.2. The van der Waals surface area contributed by atoms with Crippen LogP contribution in [0.5, 0.6) is 0 Å². The maximum absolute atomic E-state index is 12.5. The lowest BCUT2D eigenvalue weighted by atomic mass is 9.71. The van der Waals surface area contributed by atoms with Gasteiger partial charge in [0.05, 0.1) is 17.1 Å². The van der Waals surface area contributed by atoms with Crippen molar-refractivity contribution in [3.05, 3.63) is 16.1 Å². The number of aromatic nitrogens is 1. The SMILES string of the molecule is Cc1nc(CC(=O)C(C)(C)C2CCCNC2)cs1. The Morgan fingerprint density at radius 1 is 1.61 bits per heavy atom. The van der Waals surface area contributed by atoms with Crippen molar-refractivity contribution in [1.82, 2.24) is 10.3 Å². The quantitative estimate of drug-likeness (QED) is 0.911. The van der Waals surface area contributed by atoms with Crippen LogP contribution in [0.2, 0.25) is 0 Å². The third kappa shape index (κ3) is 2.98. The molecule has 1 aliphatic rings. The highest BCUT2D eigenvalue weighted by molar-refractivity contribution is 7.09. The van der Waals surface area contributed by atoms with Gasteiger partial charge in [-0.05, 0) is 38.8 Å².